The summed E-state index contributed by atoms with van der Waals surface area (Å²) in [5.41, 5.74) is 0. The fourth-order valence-electron chi connectivity index (χ4n) is 3.20. The predicted molar refractivity (Wildman–Crippen MR) is 93.4 cm³/mol. The summed E-state index contributed by atoms with van der Waals surface area (Å²) in [6.07, 6.45) is 1.90. The van der Waals surface area contributed by atoms with Gasteiger partial charge >= 0.3 is 0 Å². The number of nitrogens with zero attached hydrogens (tertiary/aromatic N) is 2. The molecule has 3 rings (SSSR count). The maximum atomic E-state index is 12.4. The average molecular weight is 354 g/mol. The van der Waals surface area contributed by atoms with Crippen molar-refractivity contribution in [1.82, 2.24) is 15.1 Å². The van der Waals surface area contributed by atoms with Gasteiger partial charge in [-0.15, -0.1) is 12.4 Å². The van der Waals surface area contributed by atoms with Gasteiger partial charge in [-0.3, -0.25) is 9.59 Å². The van der Waals surface area contributed by atoms with Crippen LogP contribution in [-0.2, 0) is 9.59 Å². The molecule has 2 aliphatic heterocycles. The SMILES string of the molecule is Cl.O=C(COc1ccccc1)N1CCCC(N2CCNCC2=O)C1. The minimum atomic E-state index is -0.0128. The Labute approximate surface area is 148 Å². The number of hydrogen-bond acceptors (Lipinski definition) is 4. The number of rotatable bonds is 4. The van der Waals surface area contributed by atoms with Crippen molar-refractivity contribution in [2.24, 2.45) is 0 Å². The standard InChI is InChI=1S/C17H23N3O3.ClH/c21-16-11-18-8-10-20(16)14-5-4-9-19(12-14)17(22)13-23-15-6-2-1-3-7-15;/h1-3,6-7,14,18H,4-5,8-13H2;1H. The number of halogens is 1. The lowest BCUT2D eigenvalue weighted by atomic mass is 10.0. The largest absolute Gasteiger partial charge is 0.484 e. The van der Waals surface area contributed by atoms with E-state index in [1.54, 1.807) is 0 Å². The van der Waals surface area contributed by atoms with Crippen molar-refractivity contribution in [2.45, 2.75) is 18.9 Å². The topological polar surface area (TPSA) is 61.9 Å². The zero-order valence-electron chi connectivity index (χ0n) is 13.6. The molecule has 2 saturated heterocycles. The molecule has 2 fully saturated rings. The van der Waals surface area contributed by atoms with E-state index < -0.39 is 0 Å². The molecule has 0 radical (unpaired) electrons. The highest BCUT2D eigenvalue weighted by molar-refractivity contribution is 5.85. The fraction of sp³-hybridized carbons (Fsp3) is 0.529. The fourth-order valence-corrected chi connectivity index (χ4v) is 3.20. The first-order valence-corrected chi connectivity index (χ1v) is 8.20. The van der Waals surface area contributed by atoms with Crippen molar-refractivity contribution in [2.75, 3.05) is 39.3 Å². The number of likely N-dealkylation sites (tertiary alicyclic amines) is 1. The number of para-hydroxylation sites is 1. The van der Waals surface area contributed by atoms with Gasteiger partial charge in [-0.1, -0.05) is 18.2 Å². The molecule has 0 saturated carbocycles. The maximum absolute atomic E-state index is 12.4. The highest BCUT2D eigenvalue weighted by Gasteiger charge is 2.31. The van der Waals surface area contributed by atoms with Gasteiger partial charge in [-0.2, -0.15) is 0 Å². The Morgan fingerprint density at radius 1 is 1.25 bits per heavy atom. The van der Waals surface area contributed by atoms with E-state index in [0.29, 0.717) is 18.8 Å². The third-order valence-corrected chi connectivity index (χ3v) is 4.42. The molecule has 1 atom stereocenters. The number of nitrogens with one attached hydrogen (secondary N) is 1. The lowest BCUT2D eigenvalue weighted by Gasteiger charge is -2.41. The van der Waals surface area contributed by atoms with Crippen LogP contribution < -0.4 is 10.1 Å². The molecule has 0 bridgehead atoms. The van der Waals surface area contributed by atoms with Crippen LogP contribution in [0.2, 0.25) is 0 Å². The van der Waals surface area contributed by atoms with E-state index in [9.17, 15) is 9.59 Å². The number of hydrogen-bond donors (Lipinski definition) is 1. The molecule has 2 heterocycles. The molecule has 2 amide bonds. The van der Waals surface area contributed by atoms with Gasteiger partial charge in [0.05, 0.1) is 6.54 Å². The van der Waals surface area contributed by atoms with Crippen molar-refractivity contribution in [1.29, 1.82) is 0 Å². The summed E-state index contributed by atoms with van der Waals surface area (Å²) in [7, 11) is 0. The number of ether oxygens (including phenoxy) is 1. The molecule has 6 nitrogen and oxygen atoms in total. The van der Waals surface area contributed by atoms with Gasteiger partial charge in [0, 0.05) is 32.2 Å². The first-order chi connectivity index (χ1) is 11.2. The molecule has 24 heavy (non-hydrogen) atoms. The molecule has 7 heteroatoms. The predicted octanol–water partition coefficient (Wildman–Crippen LogP) is 0.910. The van der Waals surface area contributed by atoms with Crippen LogP contribution in [0.1, 0.15) is 12.8 Å². The van der Waals surface area contributed by atoms with E-state index in [-0.39, 0.29) is 36.9 Å². The van der Waals surface area contributed by atoms with E-state index in [4.69, 9.17) is 4.74 Å². The first kappa shape index (κ1) is 18.5. The van der Waals surface area contributed by atoms with E-state index in [1.807, 2.05) is 40.1 Å². The summed E-state index contributed by atoms with van der Waals surface area (Å²) in [6.45, 7) is 3.36. The van der Waals surface area contributed by atoms with E-state index >= 15 is 0 Å². The third kappa shape index (κ3) is 4.61. The zero-order valence-corrected chi connectivity index (χ0v) is 14.5. The summed E-state index contributed by atoms with van der Waals surface area (Å²) in [4.78, 5) is 28.1. The van der Waals surface area contributed by atoms with Gasteiger partial charge in [-0.25, -0.2) is 0 Å². The Hall–Kier alpha value is -1.79. The maximum Gasteiger partial charge on any atom is 0.260 e. The Kier molecular flexibility index (Phi) is 6.87. The Morgan fingerprint density at radius 2 is 2.04 bits per heavy atom. The quantitative estimate of drug-likeness (QED) is 0.874. The molecule has 1 aromatic rings. The van der Waals surface area contributed by atoms with E-state index in [1.165, 1.54) is 0 Å². The summed E-state index contributed by atoms with van der Waals surface area (Å²) in [5.74, 6) is 0.823. The lowest BCUT2D eigenvalue weighted by molar-refractivity contribution is -0.141. The second kappa shape index (κ2) is 8.89. The first-order valence-electron chi connectivity index (χ1n) is 8.20. The number of carbonyl (C=O) groups is 2. The molecule has 1 aromatic carbocycles. The van der Waals surface area contributed by atoms with Crippen molar-refractivity contribution in [3.8, 4) is 5.75 Å². The van der Waals surface area contributed by atoms with Crippen molar-refractivity contribution in [3.05, 3.63) is 30.3 Å². The van der Waals surface area contributed by atoms with Crippen molar-refractivity contribution in [3.63, 3.8) is 0 Å². The Morgan fingerprint density at radius 3 is 2.79 bits per heavy atom. The molecular formula is C17H24ClN3O3. The van der Waals surface area contributed by atoms with Gasteiger partial charge in [0.1, 0.15) is 5.75 Å². The normalized spacial score (nSPS) is 21.2. The van der Waals surface area contributed by atoms with Crippen LogP contribution >= 0.6 is 12.4 Å². The van der Waals surface area contributed by atoms with Crippen molar-refractivity contribution < 1.29 is 14.3 Å². The van der Waals surface area contributed by atoms with Crippen LogP contribution in [0.25, 0.3) is 0 Å². The van der Waals surface area contributed by atoms with Gasteiger partial charge in [-0.05, 0) is 25.0 Å². The molecule has 0 aliphatic carbocycles. The average Bonchev–Trinajstić information content (AvgIpc) is 2.61. The van der Waals surface area contributed by atoms with E-state index in [2.05, 4.69) is 5.32 Å². The number of piperazine rings is 1. The number of piperidine rings is 1. The lowest BCUT2D eigenvalue weighted by Crippen LogP contribution is -2.57. The molecule has 1 N–H and O–H groups in total. The van der Waals surface area contributed by atoms with E-state index in [0.717, 1.165) is 32.5 Å². The van der Waals surface area contributed by atoms with Crippen LogP contribution in [0.15, 0.2) is 30.3 Å². The van der Waals surface area contributed by atoms with Crippen LogP contribution in [0.4, 0.5) is 0 Å². The second-order valence-corrected chi connectivity index (χ2v) is 6.00. The highest BCUT2D eigenvalue weighted by atomic mass is 35.5. The van der Waals surface area contributed by atoms with Crippen LogP contribution in [0.5, 0.6) is 5.75 Å². The Bertz CT molecular complexity index is 555. The minimum Gasteiger partial charge on any atom is -0.484 e. The number of amides is 2. The number of carbonyl (C=O) groups excluding carboxylic acids is 2. The molecule has 0 spiro atoms. The monoisotopic (exact) mass is 353 g/mol. The molecule has 1 unspecified atom stereocenters. The minimum absolute atomic E-state index is 0. The second-order valence-electron chi connectivity index (χ2n) is 6.00. The smallest absolute Gasteiger partial charge is 0.260 e. The molecule has 0 aromatic heterocycles. The summed E-state index contributed by atoms with van der Waals surface area (Å²) in [6, 6.07) is 9.49. The van der Waals surface area contributed by atoms with Gasteiger partial charge in [0.2, 0.25) is 5.91 Å². The van der Waals surface area contributed by atoms with Crippen LogP contribution in [-0.4, -0.2) is 67.0 Å². The van der Waals surface area contributed by atoms with Crippen LogP contribution in [0.3, 0.4) is 0 Å². The van der Waals surface area contributed by atoms with Crippen LogP contribution in [0, 0.1) is 0 Å². The zero-order chi connectivity index (χ0) is 16.1. The molecular weight excluding hydrogens is 330 g/mol. The highest BCUT2D eigenvalue weighted by Crippen LogP contribution is 2.17. The molecule has 2 aliphatic rings. The van der Waals surface area contributed by atoms with Gasteiger partial charge < -0.3 is 19.9 Å². The molecule has 132 valence electrons. The third-order valence-electron chi connectivity index (χ3n) is 4.42. The summed E-state index contributed by atoms with van der Waals surface area (Å²) < 4.78 is 5.54. The summed E-state index contributed by atoms with van der Waals surface area (Å²) >= 11 is 0. The van der Waals surface area contributed by atoms with Gasteiger partial charge in [0.15, 0.2) is 6.61 Å². The van der Waals surface area contributed by atoms with Crippen molar-refractivity contribution >= 4 is 24.2 Å². The Balaban J connectivity index is 0.00000208. The van der Waals surface area contributed by atoms with Gasteiger partial charge in [0.25, 0.3) is 5.91 Å². The number of benzene rings is 1. The summed E-state index contributed by atoms with van der Waals surface area (Å²) in [5, 5.41) is 3.08.